The molecule has 0 fully saturated rings. The molecule has 0 aromatic heterocycles. The molecule has 0 bridgehead atoms. The number of hydrogen-bond donors (Lipinski definition) is 3. The van der Waals surface area contributed by atoms with Gasteiger partial charge >= 0.3 is 0 Å². The molecule has 7 nitrogen and oxygen atoms in total. The number of carbonyl (C=O) groups excluding carboxylic acids is 3. The van der Waals surface area contributed by atoms with Crippen LogP contribution in [0.3, 0.4) is 0 Å². The minimum atomic E-state index is -0.214. The Labute approximate surface area is 165 Å². The van der Waals surface area contributed by atoms with Crippen LogP contribution < -0.4 is 16.0 Å². The lowest BCUT2D eigenvalue weighted by molar-refractivity contribution is -0.116. The summed E-state index contributed by atoms with van der Waals surface area (Å²) in [5.74, 6) is -0.367. The third-order valence-corrected chi connectivity index (χ3v) is 4.19. The number of rotatable bonds is 7. The Bertz CT molecular complexity index is 860. The van der Waals surface area contributed by atoms with Crippen LogP contribution >= 0.6 is 0 Å². The minimum Gasteiger partial charge on any atom is -0.376 e. The Kier molecular flexibility index (Phi) is 7.14. The Hall–Kier alpha value is -3.35. The molecule has 0 atom stereocenters. The molecule has 3 amide bonds. The molecule has 0 aliphatic rings. The van der Waals surface area contributed by atoms with E-state index in [9.17, 15) is 14.4 Å². The first-order chi connectivity index (χ1) is 13.3. The summed E-state index contributed by atoms with van der Waals surface area (Å²) in [6, 6.07) is 12.2. The average Bonchev–Trinajstić information content (AvgIpc) is 2.68. The summed E-state index contributed by atoms with van der Waals surface area (Å²) in [5, 5.41) is 8.71. The van der Waals surface area contributed by atoms with E-state index in [0.29, 0.717) is 17.7 Å². The summed E-state index contributed by atoms with van der Waals surface area (Å²) >= 11 is 0. The van der Waals surface area contributed by atoms with Crippen molar-refractivity contribution in [1.82, 2.24) is 4.90 Å². The van der Waals surface area contributed by atoms with E-state index in [2.05, 4.69) is 16.0 Å². The van der Waals surface area contributed by atoms with Gasteiger partial charge in [-0.2, -0.15) is 0 Å². The Morgan fingerprint density at radius 2 is 1.54 bits per heavy atom. The average molecular weight is 382 g/mol. The van der Waals surface area contributed by atoms with Crippen LogP contribution in [0, 0.1) is 6.92 Å². The standard InChI is InChI=1S/C21H26N4O3/c1-5-19(26)24-18-8-6-7-17(14(18)2)22-13-20(27)23-16-11-9-15(10-12-16)21(28)25(3)4/h6-12,22H,5,13H2,1-4H3,(H,23,27)(H,24,26). The van der Waals surface area contributed by atoms with E-state index < -0.39 is 0 Å². The normalized spacial score (nSPS) is 10.1. The van der Waals surface area contributed by atoms with Crippen molar-refractivity contribution in [3.05, 3.63) is 53.6 Å². The van der Waals surface area contributed by atoms with Crippen LogP contribution in [0.2, 0.25) is 0 Å². The van der Waals surface area contributed by atoms with Crippen molar-refractivity contribution in [1.29, 1.82) is 0 Å². The van der Waals surface area contributed by atoms with Gasteiger partial charge in [-0.15, -0.1) is 0 Å². The minimum absolute atomic E-state index is 0.0609. The molecular weight excluding hydrogens is 356 g/mol. The Morgan fingerprint density at radius 1 is 0.893 bits per heavy atom. The number of benzene rings is 2. The molecule has 0 saturated heterocycles. The number of nitrogens with zero attached hydrogens (tertiary/aromatic N) is 1. The molecule has 0 radical (unpaired) electrons. The van der Waals surface area contributed by atoms with Gasteiger partial charge in [0.05, 0.1) is 6.54 Å². The van der Waals surface area contributed by atoms with Gasteiger partial charge < -0.3 is 20.9 Å². The van der Waals surface area contributed by atoms with E-state index in [1.54, 1.807) is 45.3 Å². The molecule has 0 spiro atoms. The highest BCUT2D eigenvalue weighted by Gasteiger charge is 2.10. The van der Waals surface area contributed by atoms with E-state index >= 15 is 0 Å². The summed E-state index contributed by atoms with van der Waals surface area (Å²) in [6.45, 7) is 3.75. The van der Waals surface area contributed by atoms with E-state index in [1.807, 2.05) is 25.1 Å². The van der Waals surface area contributed by atoms with Crippen LogP contribution in [0.1, 0.15) is 29.3 Å². The van der Waals surface area contributed by atoms with E-state index in [4.69, 9.17) is 0 Å². The molecule has 7 heteroatoms. The van der Waals surface area contributed by atoms with Crippen molar-refractivity contribution in [3.8, 4) is 0 Å². The van der Waals surface area contributed by atoms with Crippen LogP contribution in [0.5, 0.6) is 0 Å². The van der Waals surface area contributed by atoms with Crippen LogP contribution in [0.4, 0.5) is 17.1 Å². The predicted molar refractivity (Wildman–Crippen MR) is 112 cm³/mol. The van der Waals surface area contributed by atoms with Crippen molar-refractivity contribution < 1.29 is 14.4 Å². The van der Waals surface area contributed by atoms with Crippen LogP contribution in [-0.4, -0.2) is 43.3 Å². The van der Waals surface area contributed by atoms with Crippen LogP contribution in [0.25, 0.3) is 0 Å². The van der Waals surface area contributed by atoms with Crippen molar-refractivity contribution >= 4 is 34.8 Å². The molecule has 28 heavy (non-hydrogen) atoms. The maximum Gasteiger partial charge on any atom is 0.253 e. The third kappa shape index (κ3) is 5.57. The highest BCUT2D eigenvalue weighted by molar-refractivity contribution is 5.97. The van der Waals surface area contributed by atoms with E-state index in [-0.39, 0.29) is 24.3 Å². The summed E-state index contributed by atoms with van der Waals surface area (Å²) in [4.78, 5) is 37.2. The smallest absolute Gasteiger partial charge is 0.253 e. The second-order valence-electron chi connectivity index (χ2n) is 6.56. The number of hydrogen-bond acceptors (Lipinski definition) is 4. The van der Waals surface area contributed by atoms with Crippen LogP contribution in [-0.2, 0) is 9.59 Å². The van der Waals surface area contributed by atoms with Gasteiger partial charge in [0.15, 0.2) is 0 Å². The predicted octanol–water partition coefficient (Wildman–Crippen LogP) is 3.10. The van der Waals surface area contributed by atoms with Gasteiger partial charge in [0, 0.05) is 43.1 Å². The molecule has 0 aliphatic heterocycles. The first-order valence-corrected chi connectivity index (χ1v) is 9.06. The van der Waals surface area contributed by atoms with Gasteiger partial charge in [0.1, 0.15) is 0 Å². The van der Waals surface area contributed by atoms with Crippen molar-refractivity contribution in [2.24, 2.45) is 0 Å². The zero-order valence-electron chi connectivity index (χ0n) is 16.6. The molecule has 0 saturated carbocycles. The fourth-order valence-electron chi connectivity index (χ4n) is 2.54. The highest BCUT2D eigenvalue weighted by Crippen LogP contribution is 2.23. The van der Waals surface area contributed by atoms with Gasteiger partial charge in [-0.25, -0.2) is 0 Å². The van der Waals surface area contributed by atoms with Gasteiger partial charge in [-0.05, 0) is 48.9 Å². The van der Waals surface area contributed by atoms with Crippen molar-refractivity contribution in [2.45, 2.75) is 20.3 Å². The zero-order chi connectivity index (χ0) is 20.7. The molecule has 2 aromatic carbocycles. The van der Waals surface area contributed by atoms with Crippen molar-refractivity contribution in [3.63, 3.8) is 0 Å². The molecule has 2 aromatic rings. The topological polar surface area (TPSA) is 90.5 Å². The number of amides is 3. The van der Waals surface area contributed by atoms with Gasteiger partial charge in [-0.1, -0.05) is 13.0 Å². The quantitative estimate of drug-likeness (QED) is 0.686. The summed E-state index contributed by atoms with van der Waals surface area (Å²) < 4.78 is 0. The first-order valence-electron chi connectivity index (χ1n) is 9.06. The molecule has 0 aliphatic carbocycles. The lowest BCUT2D eigenvalue weighted by atomic mass is 10.1. The number of carbonyl (C=O) groups is 3. The summed E-state index contributed by atoms with van der Waals surface area (Å²) in [5.41, 5.74) is 3.53. The molecule has 0 unspecified atom stereocenters. The van der Waals surface area contributed by atoms with E-state index in [0.717, 1.165) is 16.9 Å². The molecule has 2 rings (SSSR count). The van der Waals surface area contributed by atoms with Gasteiger partial charge in [0.25, 0.3) is 5.91 Å². The fourth-order valence-corrected chi connectivity index (χ4v) is 2.54. The SMILES string of the molecule is CCC(=O)Nc1cccc(NCC(=O)Nc2ccc(C(=O)N(C)C)cc2)c1C. The lowest BCUT2D eigenvalue weighted by Crippen LogP contribution is -2.23. The van der Waals surface area contributed by atoms with Crippen molar-refractivity contribution in [2.75, 3.05) is 36.6 Å². The highest BCUT2D eigenvalue weighted by atomic mass is 16.2. The Morgan fingerprint density at radius 3 is 2.14 bits per heavy atom. The third-order valence-electron chi connectivity index (χ3n) is 4.19. The number of nitrogens with one attached hydrogen (secondary N) is 3. The molecular formula is C21H26N4O3. The second-order valence-corrected chi connectivity index (χ2v) is 6.56. The monoisotopic (exact) mass is 382 g/mol. The maximum absolute atomic E-state index is 12.2. The fraction of sp³-hybridized carbons (Fsp3) is 0.286. The Balaban J connectivity index is 1.95. The lowest BCUT2D eigenvalue weighted by Gasteiger charge is -2.14. The maximum atomic E-state index is 12.2. The summed E-state index contributed by atoms with van der Waals surface area (Å²) in [6.07, 6.45) is 0.401. The molecule has 3 N–H and O–H groups in total. The largest absolute Gasteiger partial charge is 0.376 e. The number of anilines is 3. The summed E-state index contributed by atoms with van der Waals surface area (Å²) in [7, 11) is 3.38. The van der Waals surface area contributed by atoms with Crippen LogP contribution in [0.15, 0.2) is 42.5 Å². The van der Waals surface area contributed by atoms with Gasteiger partial charge in [0.2, 0.25) is 11.8 Å². The van der Waals surface area contributed by atoms with Gasteiger partial charge in [-0.3, -0.25) is 14.4 Å². The molecule has 0 heterocycles. The van der Waals surface area contributed by atoms with E-state index in [1.165, 1.54) is 4.90 Å². The molecule has 148 valence electrons. The zero-order valence-corrected chi connectivity index (χ0v) is 16.6. The second kappa shape index (κ2) is 9.55. The first kappa shape index (κ1) is 21.0.